The van der Waals surface area contributed by atoms with Crippen molar-refractivity contribution in [2.45, 2.75) is 84.2 Å². The molecule has 22 heavy (non-hydrogen) atoms. The molecule has 0 aromatic heterocycles. The molecule has 1 nitrogen and oxygen atoms in total. The van der Waals surface area contributed by atoms with Crippen LogP contribution in [0.2, 0.25) is 0 Å². The first-order chi connectivity index (χ1) is 10.4. The minimum atomic E-state index is -0.432. The Balaban J connectivity index is 1.60. The molecule has 1 N–H and O–H groups in total. The third kappa shape index (κ3) is 2.14. The Morgan fingerprint density at radius 2 is 1.91 bits per heavy atom. The smallest absolute Gasteiger partial charge is 0.0657 e. The summed E-state index contributed by atoms with van der Waals surface area (Å²) in [4.78, 5) is 0. The molecule has 1 unspecified atom stereocenters. The Morgan fingerprint density at radius 1 is 1.09 bits per heavy atom. The molecular weight excluding hydrogens is 268 g/mol. The van der Waals surface area contributed by atoms with Crippen LogP contribution in [0, 0.1) is 35.0 Å². The van der Waals surface area contributed by atoms with E-state index in [1.165, 1.54) is 44.9 Å². The molecule has 0 amide bonds. The molecule has 3 fully saturated rings. The van der Waals surface area contributed by atoms with Crippen LogP contribution in [0.1, 0.15) is 78.6 Å². The number of rotatable bonds is 1. The molecule has 0 aromatic rings. The van der Waals surface area contributed by atoms with Gasteiger partial charge in [0.2, 0.25) is 0 Å². The van der Waals surface area contributed by atoms with Crippen molar-refractivity contribution >= 4 is 0 Å². The average Bonchev–Trinajstić information content (AvgIpc) is 2.82. The average molecular weight is 303 g/mol. The lowest BCUT2D eigenvalue weighted by molar-refractivity contribution is -0.0333. The zero-order valence-electron chi connectivity index (χ0n) is 14.8. The van der Waals surface area contributed by atoms with E-state index in [0.29, 0.717) is 5.41 Å². The molecule has 0 saturated heterocycles. The molecule has 4 rings (SSSR count). The number of allylic oxidation sites excluding steroid dienone is 1. The Labute approximate surface area is 136 Å². The van der Waals surface area contributed by atoms with Crippen LogP contribution in [-0.2, 0) is 0 Å². The Morgan fingerprint density at radius 3 is 2.68 bits per heavy atom. The summed E-state index contributed by atoms with van der Waals surface area (Å²) in [5, 5.41) is 10.4. The summed E-state index contributed by atoms with van der Waals surface area (Å²) in [6, 6.07) is 0. The van der Waals surface area contributed by atoms with E-state index in [9.17, 15) is 5.11 Å². The molecule has 0 aliphatic heterocycles. The van der Waals surface area contributed by atoms with E-state index in [1.54, 1.807) is 5.57 Å². The predicted molar refractivity (Wildman–Crippen MR) is 91.5 cm³/mol. The van der Waals surface area contributed by atoms with Crippen molar-refractivity contribution in [2.24, 2.45) is 35.0 Å². The number of fused-ring (bicyclic) bond motifs is 5. The predicted octanol–water partition coefficient (Wildman–Crippen LogP) is 5.34. The standard InChI is InChI=1S/C21H34O/c1-4-15-6-8-19-18-7-5-14-13-20(2,22)11-9-16(14)17(18)10-12-21(15,19)3/h5,15-19,22H,4,6-13H2,1-3H3/t15?,16-,17+,18+,19-,20-,21+/m0/s1. The summed E-state index contributed by atoms with van der Waals surface area (Å²) in [5.41, 5.74) is 1.83. The first-order valence-electron chi connectivity index (χ1n) is 9.86. The van der Waals surface area contributed by atoms with Gasteiger partial charge in [0.05, 0.1) is 5.60 Å². The molecule has 0 spiro atoms. The van der Waals surface area contributed by atoms with Crippen LogP contribution < -0.4 is 0 Å². The monoisotopic (exact) mass is 302 g/mol. The van der Waals surface area contributed by atoms with Gasteiger partial charge in [-0.15, -0.1) is 0 Å². The van der Waals surface area contributed by atoms with Crippen molar-refractivity contribution in [2.75, 3.05) is 0 Å². The van der Waals surface area contributed by atoms with Crippen molar-refractivity contribution < 1.29 is 5.11 Å². The normalized spacial score (nSPS) is 54.2. The van der Waals surface area contributed by atoms with Crippen LogP contribution in [0.25, 0.3) is 0 Å². The molecule has 1 heteroatoms. The minimum absolute atomic E-state index is 0.432. The number of aliphatic hydroxyl groups is 1. The van der Waals surface area contributed by atoms with Gasteiger partial charge in [0.15, 0.2) is 0 Å². The molecule has 7 atom stereocenters. The molecule has 0 radical (unpaired) electrons. The van der Waals surface area contributed by atoms with Crippen LogP contribution in [-0.4, -0.2) is 10.7 Å². The fourth-order valence-electron chi connectivity index (χ4n) is 7.25. The third-order valence-electron chi connectivity index (χ3n) is 8.41. The fraction of sp³-hybridized carbons (Fsp3) is 0.905. The van der Waals surface area contributed by atoms with Gasteiger partial charge >= 0.3 is 0 Å². The van der Waals surface area contributed by atoms with Crippen molar-refractivity contribution in [1.29, 1.82) is 0 Å². The van der Waals surface area contributed by atoms with E-state index in [4.69, 9.17) is 0 Å². The largest absolute Gasteiger partial charge is 0.390 e. The van der Waals surface area contributed by atoms with Crippen LogP contribution in [0.15, 0.2) is 11.6 Å². The molecular formula is C21H34O. The van der Waals surface area contributed by atoms with Crippen molar-refractivity contribution in [3.05, 3.63) is 11.6 Å². The summed E-state index contributed by atoms with van der Waals surface area (Å²) in [6.45, 7) is 7.07. The maximum absolute atomic E-state index is 10.4. The lowest BCUT2D eigenvalue weighted by Crippen LogP contribution is -2.47. The Bertz CT molecular complexity index is 476. The summed E-state index contributed by atoms with van der Waals surface area (Å²) in [7, 11) is 0. The van der Waals surface area contributed by atoms with Gasteiger partial charge in [-0.3, -0.25) is 0 Å². The highest BCUT2D eigenvalue weighted by Gasteiger charge is 2.55. The van der Waals surface area contributed by atoms with Crippen molar-refractivity contribution in [3.63, 3.8) is 0 Å². The lowest BCUT2D eigenvalue weighted by atomic mass is 9.51. The second kappa shape index (κ2) is 5.10. The van der Waals surface area contributed by atoms with E-state index in [0.717, 1.165) is 42.4 Å². The van der Waals surface area contributed by atoms with Gasteiger partial charge < -0.3 is 5.11 Å². The van der Waals surface area contributed by atoms with E-state index >= 15 is 0 Å². The van der Waals surface area contributed by atoms with E-state index < -0.39 is 5.60 Å². The Kier molecular flexibility index (Phi) is 3.53. The van der Waals surface area contributed by atoms with Crippen LogP contribution in [0.3, 0.4) is 0 Å². The maximum atomic E-state index is 10.4. The summed E-state index contributed by atoms with van der Waals surface area (Å²) < 4.78 is 0. The third-order valence-corrected chi connectivity index (χ3v) is 8.41. The highest BCUT2D eigenvalue weighted by molar-refractivity contribution is 5.21. The van der Waals surface area contributed by atoms with Gasteiger partial charge in [-0.25, -0.2) is 0 Å². The van der Waals surface area contributed by atoms with E-state index in [-0.39, 0.29) is 0 Å². The highest BCUT2D eigenvalue weighted by Crippen LogP contribution is 2.64. The zero-order chi connectivity index (χ0) is 15.5. The van der Waals surface area contributed by atoms with Crippen molar-refractivity contribution in [1.82, 2.24) is 0 Å². The van der Waals surface area contributed by atoms with Crippen molar-refractivity contribution in [3.8, 4) is 0 Å². The first-order valence-corrected chi connectivity index (χ1v) is 9.86. The van der Waals surface area contributed by atoms with Crippen LogP contribution >= 0.6 is 0 Å². The Hall–Kier alpha value is -0.300. The summed E-state index contributed by atoms with van der Waals surface area (Å²) >= 11 is 0. The zero-order valence-corrected chi connectivity index (χ0v) is 14.8. The second-order valence-electron chi connectivity index (χ2n) is 9.49. The van der Waals surface area contributed by atoms with Crippen LogP contribution in [0.4, 0.5) is 0 Å². The second-order valence-corrected chi connectivity index (χ2v) is 9.49. The molecule has 0 heterocycles. The van der Waals surface area contributed by atoms with E-state index in [1.807, 2.05) is 6.92 Å². The SMILES string of the molecule is CCC1CC[C@H]2[C@@H]3CC=C4C[C@@](C)(O)CC[C@@H]4[C@H]3CC[C@]12C. The molecule has 0 aromatic carbocycles. The van der Waals surface area contributed by atoms with E-state index in [2.05, 4.69) is 19.9 Å². The van der Waals surface area contributed by atoms with Crippen LogP contribution in [0.5, 0.6) is 0 Å². The molecule has 124 valence electrons. The summed E-state index contributed by atoms with van der Waals surface area (Å²) in [6.07, 6.45) is 14.3. The number of hydrogen-bond donors (Lipinski definition) is 1. The van der Waals surface area contributed by atoms with Gasteiger partial charge in [-0.1, -0.05) is 31.9 Å². The lowest BCUT2D eigenvalue weighted by Gasteiger charge is -2.54. The molecule has 3 saturated carbocycles. The van der Waals surface area contributed by atoms with Gasteiger partial charge in [0.1, 0.15) is 0 Å². The number of hydrogen-bond acceptors (Lipinski definition) is 1. The fourth-order valence-corrected chi connectivity index (χ4v) is 7.25. The highest BCUT2D eigenvalue weighted by atomic mass is 16.3. The molecule has 4 aliphatic rings. The van der Waals surface area contributed by atoms with Gasteiger partial charge in [0, 0.05) is 0 Å². The quantitative estimate of drug-likeness (QED) is 0.648. The van der Waals surface area contributed by atoms with Gasteiger partial charge in [0.25, 0.3) is 0 Å². The minimum Gasteiger partial charge on any atom is -0.390 e. The molecule has 0 bridgehead atoms. The summed E-state index contributed by atoms with van der Waals surface area (Å²) in [5.74, 6) is 4.66. The van der Waals surface area contributed by atoms with Gasteiger partial charge in [-0.05, 0) is 93.3 Å². The molecule has 4 aliphatic carbocycles. The topological polar surface area (TPSA) is 20.2 Å². The van der Waals surface area contributed by atoms with Gasteiger partial charge in [-0.2, -0.15) is 0 Å². The first kappa shape index (κ1) is 15.2. The maximum Gasteiger partial charge on any atom is 0.0657 e.